The van der Waals surface area contributed by atoms with Gasteiger partial charge in [0.2, 0.25) is 5.91 Å². The number of aromatic carboxylic acids is 1. The maximum atomic E-state index is 13.5. The number of hydrogen-bond donors (Lipinski definition) is 3. The molecule has 1 aliphatic rings. The number of carboxylic acid groups (broad SMARTS) is 1. The maximum Gasteiger partial charge on any atom is 0.335 e. The van der Waals surface area contributed by atoms with Crippen LogP contribution in [-0.4, -0.2) is 41.0 Å². The van der Waals surface area contributed by atoms with E-state index in [4.69, 9.17) is 0 Å². The van der Waals surface area contributed by atoms with Crippen molar-refractivity contribution in [2.75, 3.05) is 18.4 Å². The van der Waals surface area contributed by atoms with Crippen LogP contribution in [0.5, 0.6) is 0 Å². The second kappa shape index (κ2) is 21.5. The average Bonchev–Trinajstić information content (AvgIpc) is 3.52. The number of hydrogen-bond acceptors (Lipinski definition) is 4. The Morgan fingerprint density at radius 3 is 2.43 bits per heavy atom. The van der Waals surface area contributed by atoms with Crippen molar-refractivity contribution in [3.05, 3.63) is 113 Å². The Morgan fingerprint density at radius 2 is 1.82 bits per heavy atom. The van der Waals surface area contributed by atoms with Crippen LogP contribution in [0.3, 0.4) is 0 Å². The zero-order valence-electron chi connectivity index (χ0n) is 31.2. The van der Waals surface area contributed by atoms with Crippen LogP contribution in [0, 0.1) is 30.6 Å². The van der Waals surface area contributed by atoms with Crippen molar-refractivity contribution in [2.24, 2.45) is 11.8 Å². The quantitative estimate of drug-likeness (QED) is 0.138. The molecule has 1 amide bonds. The van der Waals surface area contributed by atoms with Gasteiger partial charge in [-0.05, 0) is 98.4 Å². The van der Waals surface area contributed by atoms with Crippen LogP contribution >= 0.6 is 0 Å². The van der Waals surface area contributed by atoms with Gasteiger partial charge in [-0.15, -0.1) is 0 Å². The lowest BCUT2D eigenvalue weighted by Crippen LogP contribution is -2.34. The molecule has 1 atom stereocenters. The summed E-state index contributed by atoms with van der Waals surface area (Å²) in [6.45, 7) is 22.3. The molecule has 2 aromatic carbocycles. The number of nitrogens with zero attached hydrogens (tertiary/aromatic N) is 1. The molecule has 0 spiro atoms. The number of carbonyl (C=O) groups excluding carboxylic acids is 1. The fourth-order valence-electron chi connectivity index (χ4n) is 5.19. The molecule has 0 radical (unpaired) electrons. The number of carboxylic acids is 1. The van der Waals surface area contributed by atoms with E-state index in [1.165, 1.54) is 12.0 Å². The highest BCUT2D eigenvalue weighted by Crippen LogP contribution is 2.22. The third kappa shape index (κ3) is 15.1. The monoisotopic (exact) mass is 665 g/mol. The van der Waals surface area contributed by atoms with Crippen molar-refractivity contribution < 1.29 is 14.7 Å². The normalized spacial score (nSPS) is 14.7. The Morgan fingerprint density at radius 1 is 1.10 bits per heavy atom. The van der Waals surface area contributed by atoms with Crippen LogP contribution in [-0.2, 0) is 11.2 Å². The summed E-state index contributed by atoms with van der Waals surface area (Å²) >= 11 is 0. The minimum Gasteiger partial charge on any atom is -0.478 e. The van der Waals surface area contributed by atoms with Crippen molar-refractivity contribution in [3.8, 4) is 11.8 Å². The van der Waals surface area contributed by atoms with Gasteiger partial charge in [-0.2, -0.15) is 0 Å². The van der Waals surface area contributed by atoms with Crippen LogP contribution in [0.25, 0.3) is 0 Å². The van der Waals surface area contributed by atoms with Crippen LogP contribution in [0.1, 0.15) is 108 Å². The predicted molar refractivity (Wildman–Crippen MR) is 207 cm³/mol. The highest BCUT2D eigenvalue weighted by atomic mass is 16.4. The molecular formula is C43H59N3O3. The van der Waals surface area contributed by atoms with Gasteiger partial charge in [0, 0.05) is 24.3 Å². The Bertz CT molecular complexity index is 1550. The molecule has 264 valence electrons. The van der Waals surface area contributed by atoms with E-state index in [2.05, 4.69) is 95.7 Å². The van der Waals surface area contributed by atoms with Gasteiger partial charge in [0.25, 0.3) is 0 Å². The molecule has 3 rings (SSSR count). The lowest BCUT2D eigenvalue weighted by Gasteiger charge is -2.21. The number of para-hydroxylation sites is 1. The van der Waals surface area contributed by atoms with E-state index >= 15 is 0 Å². The number of likely N-dealkylation sites (tertiary alicyclic amines) is 1. The smallest absolute Gasteiger partial charge is 0.335 e. The molecule has 3 N–H and O–H groups in total. The largest absolute Gasteiger partial charge is 0.478 e. The predicted octanol–water partition coefficient (Wildman–Crippen LogP) is 9.69. The van der Waals surface area contributed by atoms with Gasteiger partial charge in [0.15, 0.2) is 0 Å². The van der Waals surface area contributed by atoms with Crippen molar-refractivity contribution in [1.29, 1.82) is 0 Å². The number of allylic oxidation sites excluding steroid dienone is 4. The molecule has 1 unspecified atom stereocenters. The summed E-state index contributed by atoms with van der Waals surface area (Å²) in [5, 5.41) is 16.4. The van der Waals surface area contributed by atoms with Crippen molar-refractivity contribution in [1.82, 2.24) is 10.2 Å². The van der Waals surface area contributed by atoms with Crippen LogP contribution in [0.4, 0.5) is 5.69 Å². The van der Waals surface area contributed by atoms with Crippen molar-refractivity contribution in [2.45, 2.75) is 100.0 Å². The van der Waals surface area contributed by atoms with Gasteiger partial charge in [0.05, 0.1) is 23.8 Å². The van der Waals surface area contributed by atoms with Crippen LogP contribution in [0.15, 0.2) is 90.3 Å². The van der Waals surface area contributed by atoms with Gasteiger partial charge < -0.3 is 20.6 Å². The zero-order valence-corrected chi connectivity index (χ0v) is 31.2. The third-order valence-corrected chi connectivity index (χ3v) is 8.10. The lowest BCUT2D eigenvalue weighted by molar-refractivity contribution is -0.130. The Kier molecular flexibility index (Phi) is 17.8. The van der Waals surface area contributed by atoms with Crippen LogP contribution < -0.4 is 10.6 Å². The number of carbonyl (C=O) groups is 2. The van der Waals surface area contributed by atoms with E-state index < -0.39 is 5.97 Å². The molecule has 0 aromatic heterocycles. The first kappa shape index (κ1) is 40.7. The fourth-order valence-corrected chi connectivity index (χ4v) is 5.19. The van der Waals surface area contributed by atoms with Gasteiger partial charge in [0.1, 0.15) is 0 Å². The summed E-state index contributed by atoms with van der Waals surface area (Å²) in [5.74, 6) is 7.91. The van der Waals surface area contributed by atoms with Gasteiger partial charge in [-0.1, -0.05) is 108 Å². The molecule has 0 aliphatic carbocycles. The number of anilines is 1. The minimum atomic E-state index is -0.942. The van der Waals surface area contributed by atoms with E-state index in [1.54, 1.807) is 18.2 Å². The number of benzene rings is 2. The lowest BCUT2D eigenvalue weighted by atomic mass is 9.96. The Labute approximate surface area is 296 Å². The molecule has 6 heteroatoms. The highest BCUT2D eigenvalue weighted by molar-refractivity contribution is 5.88. The fraction of sp³-hybridized carbons (Fsp3) is 0.442. The Hall–Kier alpha value is -4.50. The van der Waals surface area contributed by atoms with Crippen LogP contribution in [0.2, 0.25) is 0 Å². The topological polar surface area (TPSA) is 81.7 Å². The summed E-state index contributed by atoms with van der Waals surface area (Å²) < 4.78 is 0. The van der Waals surface area contributed by atoms with E-state index in [-0.39, 0.29) is 23.9 Å². The summed E-state index contributed by atoms with van der Waals surface area (Å²) in [7, 11) is 0. The van der Waals surface area contributed by atoms with E-state index in [0.29, 0.717) is 19.0 Å². The molecule has 1 saturated heterocycles. The second-order valence-corrected chi connectivity index (χ2v) is 13.6. The zero-order chi connectivity index (χ0) is 36.3. The summed E-state index contributed by atoms with van der Waals surface area (Å²) in [6, 6.07) is 13.1. The Balaban J connectivity index is 0.00000155. The molecular weight excluding hydrogens is 606 g/mol. The third-order valence-electron chi connectivity index (χ3n) is 8.10. The molecule has 0 bridgehead atoms. The first-order valence-electron chi connectivity index (χ1n) is 17.8. The van der Waals surface area contributed by atoms with Crippen molar-refractivity contribution in [3.63, 3.8) is 0 Å². The standard InChI is InChI=1S/C38H47N3O3.C5H12/c1-7-12-36(40-35-16-9-8-13-29(35)6)39-21-10-14-30(23-27(2)3)25-37(42)41-22-11-15-34(41)20-19-31-17-18-32(38(43)44)26-33(31)24-28(4)5;1-4-5(2)3/h8-10,12-14,16-18,23,26,28,34,39-40H,2,7,11,15,21-22,24-25H2,1,3-6H3,(H,43,44);5H,4H2,1-3H3/b14-10-,30-23+,36-12-;. The van der Waals surface area contributed by atoms with Gasteiger partial charge >= 0.3 is 5.97 Å². The summed E-state index contributed by atoms with van der Waals surface area (Å²) in [4.78, 5) is 26.9. The molecule has 0 saturated carbocycles. The molecule has 6 nitrogen and oxygen atoms in total. The highest BCUT2D eigenvalue weighted by Gasteiger charge is 2.27. The van der Waals surface area contributed by atoms with Gasteiger partial charge in [-0.25, -0.2) is 4.79 Å². The molecule has 1 heterocycles. The SMILES string of the molecule is C=C(C)/C=C(\C=C/CN/C(=C/CC)Nc1ccccc1C)CC(=O)N1CCCC1C#Cc1ccc(C(=O)O)cc1CC(C)C.CCC(C)C. The number of rotatable bonds is 14. The van der Waals surface area contributed by atoms with Gasteiger partial charge in [-0.3, -0.25) is 4.79 Å². The minimum absolute atomic E-state index is 0.0447. The molecule has 1 aliphatic heterocycles. The molecule has 1 fully saturated rings. The summed E-state index contributed by atoms with van der Waals surface area (Å²) in [5.41, 5.74) is 6.05. The second-order valence-electron chi connectivity index (χ2n) is 13.6. The van der Waals surface area contributed by atoms with E-state index in [1.807, 2.05) is 42.2 Å². The first-order chi connectivity index (χ1) is 23.3. The molecule has 49 heavy (non-hydrogen) atoms. The average molecular weight is 666 g/mol. The number of aryl methyl sites for hydroxylation is 1. The maximum absolute atomic E-state index is 13.5. The number of amides is 1. The van der Waals surface area contributed by atoms with E-state index in [0.717, 1.165) is 65.4 Å². The van der Waals surface area contributed by atoms with Crippen molar-refractivity contribution >= 4 is 17.6 Å². The van der Waals surface area contributed by atoms with E-state index in [9.17, 15) is 14.7 Å². The number of nitrogens with one attached hydrogen (secondary N) is 2. The summed E-state index contributed by atoms with van der Waals surface area (Å²) in [6.07, 6.45) is 13.1. The molecule has 2 aromatic rings. The first-order valence-corrected chi connectivity index (χ1v) is 17.8.